The molecule has 1 atom stereocenters. The lowest BCUT2D eigenvalue weighted by Crippen LogP contribution is -2.47. The fraction of sp³-hybridized carbons (Fsp3) is 0.500. The number of piperidine rings is 1. The van der Waals surface area contributed by atoms with E-state index in [0.29, 0.717) is 6.04 Å². The van der Waals surface area contributed by atoms with Crippen LogP contribution in [-0.2, 0) is 0 Å². The number of fused-ring (bicyclic) bond motifs is 1. The molecule has 2 aliphatic rings. The Kier molecular flexibility index (Phi) is 6.59. The van der Waals surface area contributed by atoms with Crippen molar-refractivity contribution in [2.45, 2.75) is 45.6 Å². The molecule has 2 aliphatic heterocycles. The molecule has 0 aliphatic carbocycles. The molecular formula is C26H33N5O2S. The molecule has 34 heavy (non-hydrogen) atoms. The molecule has 0 N–H and O–H groups in total. The fourth-order valence-electron chi connectivity index (χ4n) is 5.37. The Labute approximate surface area is 205 Å². The van der Waals surface area contributed by atoms with E-state index >= 15 is 0 Å². The summed E-state index contributed by atoms with van der Waals surface area (Å²) in [4.78, 5) is 31.3. The summed E-state index contributed by atoms with van der Waals surface area (Å²) in [7, 11) is 1.72. The van der Waals surface area contributed by atoms with Gasteiger partial charge in [-0.1, -0.05) is 19.1 Å². The number of amides is 1. The Morgan fingerprint density at radius 2 is 1.85 bits per heavy atom. The van der Waals surface area contributed by atoms with Gasteiger partial charge in [0, 0.05) is 38.8 Å². The van der Waals surface area contributed by atoms with Gasteiger partial charge in [-0.15, -0.1) is 11.3 Å². The number of thiophene rings is 1. The van der Waals surface area contributed by atoms with E-state index in [2.05, 4.69) is 45.7 Å². The van der Waals surface area contributed by atoms with Gasteiger partial charge >= 0.3 is 0 Å². The molecule has 0 unspecified atom stereocenters. The van der Waals surface area contributed by atoms with Crippen LogP contribution in [-0.4, -0.2) is 66.7 Å². The van der Waals surface area contributed by atoms with E-state index in [1.54, 1.807) is 13.4 Å². The summed E-state index contributed by atoms with van der Waals surface area (Å²) in [5, 5.41) is 1.03. The van der Waals surface area contributed by atoms with E-state index in [0.717, 1.165) is 89.9 Å². The molecule has 0 radical (unpaired) electrons. The van der Waals surface area contributed by atoms with E-state index < -0.39 is 0 Å². The highest BCUT2D eigenvalue weighted by molar-refractivity contribution is 7.20. The third-order valence-corrected chi connectivity index (χ3v) is 8.45. The van der Waals surface area contributed by atoms with Crippen LogP contribution >= 0.6 is 11.3 Å². The molecule has 2 fully saturated rings. The van der Waals surface area contributed by atoms with Crippen molar-refractivity contribution >= 4 is 39.0 Å². The number of benzene rings is 1. The van der Waals surface area contributed by atoms with Crippen molar-refractivity contribution in [2.24, 2.45) is 0 Å². The third-order valence-electron chi connectivity index (χ3n) is 7.27. The van der Waals surface area contributed by atoms with Crippen molar-refractivity contribution < 1.29 is 9.53 Å². The van der Waals surface area contributed by atoms with Crippen molar-refractivity contribution in [3.05, 3.63) is 41.0 Å². The van der Waals surface area contributed by atoms with Crippen LogP contribution < -0.4 is 14.5 Å². The number of carbonyl (C=O) groups is 1. The number of ether oxygens (including phenoxy) is 1. The average molecular weight is 480 g/mol. The van der Waals surface area contributed by atoms with E-state index in [1.807, 2.05) is 12.1 Å². The molecule has 0 bridgehead atoms. The molecule has 1 aromatic carbocycles. The highest BCUT2D eigenvalue weighted by Gasteiger charge is 2.30. The lowest BCUT2D eigenvalue weighted by molar-refractivity contribution is 0.0612. The normalized spacial score (nSPS) is 19.0. The number of likely N-dealkylation sites (tertiary alicyclic amines) is 1. The van der Waals surface area contributed by atoms with Crippen molar-refractivity contribution in [1.82, 2.24) is 14.9 Å². The summed E-state index contributed by atoms with van der Waals surface area (Å²) in [6.07, 6.45) is 6.06. The van der Waals surface area contributed by atoms with Crippen LogP contribution in [0.2, 0.25) is 0 Å². The third kappa shape index (κ3) is 4.08. The standard InChI is InChI=1S/C26H33N5O2S/c1-4-19-9-7-8-12-31(19)26(32)23-18(2)22-24(27-17-28-25(22)34-23)30-15-13-29(14-16-30)20-10-5-6-11-21(20)33-3/h5-6,10-11,17,19H,4,7-9,12-16H2,1-3H3/t19-/m0/s1. The molecule has 180 valence electrons. The molecule has 0 saturated carbocycles. The Balaban J connectivity index is 1.40. The number of hydrogen-bond donors (Lipinski definition) is 0. The SMILES string of the molecule is CC[C@H]1CCCCN1C(=O)c1sc2ncnc(N3CCN(c4ccccc4OC)CC3)c2c1C. The van der Waals surface area contributed by atoms with Crippen molar-refractivity contribution in [2.75, 3.05) is 49.6 Å². The zero-order valence-corrected chi connectivity index (χ0v) is 21.1. The van der Waals surface area contributed by atoms with Crippen LogP contribution in [0.25, 0.3) is 10.2 Å². The maximum atomic E-state index is 13.6. The number of carbonyl (C=O) groups excluding carboxylic acids is 1. The van der Waals surface area contributed by atoms with Crippen LogP contribution in [0, 0.1) is 6.92 Å². The van der Waals surface area contributed by atoms with Crippen molar-refractivity contribution in [3.8, 4) is 5.75 Å². The summed E-state index contributed by atoms with van der Waals surface area (Å²) in [6.45, 7) is 8.57. The van der Waals surface area contributed by atoms with Gasteiger partial charge in [-0.25, -0.2) is 9.97 Å². The molecule has 0 spiro atoms. The summed E-state index contributed by atoms with van der Waals surface area (Å²) < 4.78 is 5.56. The zero-order chi connectivity index (χ0) is 23.7. The first kappa shape index (κ1) is 22.9. The van der Waals surface area contributed by atoms with Gasteiger partial charge in [-0.2, -0.15) is 0 Å². The van der Waals surface area contributed by atoms with Gasteiger partial charge < -0.3 is 19.4 Å². The number of hydrogen-bond acceptors (Lipinski definition) is 7. The topological polar surface area (TPSA) is 61.8 Å². The Morgan fingerprint density at radius 3 is 2.62 bits per heavy atom. The number of para-hydroxylation sites is 2. The molecule has 3 aromatic rings. The predicted molar refractivity (Wildman–Crippen MR) is 139 cm³/mol. The summed E-state index contributed by atoms with van der Waals surface area (Å²) in [6, 6.07) is 8.52. The van der Waals surface area contributed by atoms with Crippen molar-refractivity contribution in [3.63, 3.8) is 0 Å². The Bertz CT molecular complexity index is 1170. The van der Waals surface area contributed by atoms with Gasteiger partial charge in [-0.3, -0.25) is 4.79 Å². The molecule has 7 nitrogen and oxygen atoms in total. The van der Waals surface area contributed by atoms with E-state index in [4.69, 9.17) is 9.72 Å². The number of methoxy groups -OCH3 is 1. The molecule has 2 aromatic heterocycles. The van der Waals surface area contributed by atoms with E-state index in [-0.39, 0.29) is 5.91 Å². The first-order chi connectivity index (χ1) is 16.6. The van der Waals surface area contributed by atoms with Gasteiger partial charge in [0.15, 0.2) is 0 Å². The van der Waals surface area contributed by atoms with E-state index in [9.17, 15) is 4.79 Å². The number of anilines is 2. The summed E-state index contributed by atoms with van der Waals surface area (Å²) in [5.41, 5.74) is 2.15. The van der Waals surface area contributed by atoms with Crippen LogP contribution in [0.3, 0.4) is 0 Å². The molecule has 1 amide bonds. The van der Waals surface area contributed by atoms with E-state index in [1.165, 1.54) is 17.8 Å². The van der Waals surface area contributed by atoms with Crippen molar-refractivity contribution in [1.29, 1.82) is 0 Å². The molecule has 4 heterocycles. The van der Waals surface area contributed by atoms with Crippen LogP contribution in [0.4, 0.5) is 11.5 Å². The minimum absolute atomic E-state index is 0.166. The minimum Gasteiger partial charge on any atom is -0.495 e. The quantitative estimate of drug-likeness (QED) is 0.527. The first-order valence-corrected chi connectivity index (χ1v) is 13.1. The Hall–Kier alpha value is -2.87. The Morgan fingerprint density at radius 1 is 1.09 bits per heavy atom. The smallest absolute Gasteiger partial charge is 0.264 e. The zero-order valence-electron chi connectivity index (χ0n) is 20.3. The minimum atomic E-state index is 0.166. The highest BCUT2D eigenvalue weighted by Crippen LogP contribution is 2.37. The predicted octanol–water partition coefficient (Wildman–Crippen LogP) is 4.74. The average Bonchev–Trinajstić information content (AvgIpc) is 3.24. The number of aromatic nitrogens is 2. The van der Waals surface area contributed by atoms with Gasteiger partial charge in [-0.05, 0) is 50.3 Å². The number of aryl methyl sites for hydroxylation is 1. The molecule has 2 saturated heterocycles. The molecule has 8 heteroatoms. The van der Waals surface area contributed by atoms with Crippen LogP contribution in [0.5, 0.6) is 5.75 Å². The lowest BCUT2D eigenvalue weighted by Gasteiger charge is -2.37. The lowest BCUT2D eigenvalue weighted by atomic mass is 9.99. The molecular weight excluding hydrogens is 446 g/mol. The highest BCUT2D eigenvalue weighted by atomic mass is 32.1. The molecule has 5 rings (SSSR count). The maximum absolute atomic E-state index is 13.6. The number of piperazine rings is 1. The monoisotopic (exact) mass is 479 g/mol. The second-order valence-corrected chi connectivity index (χ2v) is 10.1. The second-order valence-electron chi connectivity index (χ2n) is 9.14. The largest absolute Gasteiger partial charge is 0.495 e. The van der Waals surface area contributed by atoms with Crippen LogP contribution in [0.1, 0.15) is 47.8 Å². The van der Waals surface area contributed by atoms with Gasteiger partial charge in [0.1, 0.15) is 22.7 Å². The van der Waals surface area contributed by atoms with Gasteiger partial charge in [0.2, 0.25) is 0 Å². The maximum Gasteiger partial charge on any atom is 0.264 e. The van der Waals surface area contributed by atoms with Crippen LogP contribution in [0.15, 0.2) is 30.6 Å². The first-order valence-electron chi connectivity index (χ1n) is 12.3. The van der Waals surface area contributed by atoms with Gasteiger partial charge in [0.25, 0.3) is 5.91 Å². The summed E-state index contributed by atoms with van der Waals surface area (Å²) >= 11 is 1.52. The fourth-order valence-corrected chi connectivity index (χ4v) is 6.47. The van der Waals surface area contributed by atoms with Gasteiger partial charge in [0.05, 0.1) is 23.1 Å². The number of rotatable bonds is 5. The second kappa shape index (κ2) is 9.78. The number of nitrogens with zero attached hydrogens (tertiary/aromatic N) is 5. The summed E-state index contributed by atoms with van der Waals surface area (Å²) in [5.74, 6) is 2.02.